The van der Waals surface area contributed by atoms with Crippen molar-refractivity contribution >= 4 is 5.91 Å². The molecular formula is C7H11N3O3. The third-order valence-corrected chi connectivity index (χ3v) is 1.38. The number of aliphatic hydroxyl groups excluding tert-OH is 1. The second kappa shape index (κ2) is 3.99. The van der Waals surface area contributed by atoms with Crippen LogP contribution in [-0.4, -0.2) is 33.8 Å². The number of amides is 1. The highest BCUT2D eigenvalue weighted by Gasteiger charge is 2.14. The van der Waals surface area contributed by atoms with Gasteiger partial charge in [0.05, 0.1) is 6.61 Å². The van der Waals surface area contributed by atoms with Crippen molar-refractivity contribution in [3.63, 3.8) is 0 Å². The highest BCUT2D eigenvalue weighted by Crippen LogP contribution is 1.94. The van der Waals surface area contributed by atoms with Crippen LogP contribution in [0, 0.1) is 6.92 Å². The molecule has 0 saturated heterocycles. The molecule has 1 heterocycles. The number of carbonyl (C=O) groups excluding carboxylic acids is 1. The fraction of sp³-hybridized carbons (Fsp3) is 0.571. The Morgan fingerprint density at radius 2 is 2.46 bits per heavy atom. The summed E-state index contributed by atoms with van der Waals surface area (Å²) in [5.74, 6) is -0.127. The minimum atomic E-state index is -0.446. The molecule has 2 N–H and O–H groups in total. The molecule has 1 aromatic rings. The number of hydrogen-bond donors (Lipinski definition) is 2. The van der Waals surface area contributed by atoms with E-state index in [-0.39, 0.29) is 18.5 Å². The number of aryl methyl sites for hydroxylation is 1. The fourth-order valence-electron chi connectivity index (χ4n) is 0.725. The summed E-state index contributed by atoms with van der Waals surface area (Å²) >= 11 is 0. The molecular weight excluding hydrogens is 174 g/mol. The highest BCUT2D eigenvalue weighted by molar-refractivity contribution is 5.90. The summed E-state index contributed by atoms with van der Waals surface area (Å²) in [6.45, 7) is 3.15. The van der Waals surface area contributed by atoms with Crippen molar-refractivity contribution in [2.75, 3.05) is 6.61 Å². The van der Waals surface area contributed by atoms with Crippen LogP contribution in [0.5, 0.6) is 0 Å². The van der Waals surface area contributed by atoms with Gasteiger partial charge in [-0.2, -0.15) is 4.98 Å². The van der Waals surface area contributed by atoms with Gasteiger partial charge in [-0.1, -0.05) is 5.16 Å². The number of carbonyl (C=O) groups is 1. The van der Waals surface area contributed by atoms with Gasteiger partial charge in [0.25, 0.3) is 11.7 Å². The van der Waals surface area contributed by atoms with Gasteiger partial charge in [-0.25, -0.2) is 0 Å². The SMILES string of the molecule is Cc1nc(C(=O)NC(C)CO)no1. The molecule has 72 valence electrons. The van der Waals surface area contributed by atoms with Crippen molar-refractivity contribution in [2.24, 2.45) is 0 Å². The summed E-state index contributed by atoms with van der Waals surface area (Å²) in [5.41, 5.74) is 0. The van der Waals surface area contributed by atoms with E-state index in [1.54, 1.807) is 13.8 Å². The Morgan fingerprint density at radius 3 is 2.92 bits per heavy atom. The van der Waals surface area contributed by atoms with Gasteiger partial charge in [-0.05, 0) is 6.92 Å². The van der Waals surface area contributed by atoms with Gasteiger partial charge >= 0.3 is 0 Å². The predicted molar refractivity (Wildman–Crippen MR) is 43.0 cm³/mol. The number of aromatic nitrogens is 2. The molecule has 6 nitrogen and oxygen atoms in total. The van der Waals surface area contributed by atoms with E-state index in [0.717, 1.165) is 0 Å². The van der Waals surface area contributed by atoms with E-state index in [4.69, 9.17) is 5.11 Å². The number of aliphatic hydroxyl groups is 1. The molecule has 0 saturated carbocycles. The lowest BCUT2D eigenvalue weighted by molar-refractivity contribution is 0.0909. The van der Waals surface area contributed by atoms with E-state index >= 15 is 0 Å². The van der Waals surface area contributed by atoms with Crippen LogP contribution in [0.4, 0.5) is 0 Å². The Hall–Kier alpha value is -1.43. The second-order valence-corrected chi connectivity index (χ2v) is 2.69. The fourth-order valence-corrected chi connectivity index (χ4v) is 0.725. The Bertz CT molecular complexity index is 297. The van der Waals surface area contributed by atoms with Crippen molar-refractivity contribution in [3.05, 3.63) is 11.7 Å². The van der Waals surface area contributed by atoms with Crippen LogP contribution in [0.1, 0.15) is 23.4 Å². The first-order chi connectivity index (χ1) is 6.13. The summed E-state index contributed by atoms with van der Waals surface area (Å²) in [6, 6.07) is -0.314. The van der Waals surface area contributed by atoms with E-state index in [1.807, 2.05) is 0 Å². The summed E-state index contributed by atoms with van der Waals surface area (Å²) in [5, 5.41) is 14.6. The molecule has 13 heavy (non-hydrogen) atoms. The number of nitrogens with zero attached hydrogens (tertiary/aromatic N) is 2. The zero-order valence-electron chi connectivity index (χ0n) is 7.44. The molecule has 1 amide bonds. The van der Waals surface area contributed by atoms with Gasteiger partial charge in [0.2, 0.25) is 5.89 Å². The average molecular weight is 185 g/mol. The molecule has 0 radical (unpaired) electrons. The number of rotatable bonds is 3. The smallest absolute Gasteiger partial charge is 0.292 e. The van der Waals surface area contributed by atoms with Gasteiger partial charge in [-0.15, -0.1) is 0 Å². The molecule has 1 atom stereocenters. The first-order valence-electron chi connectivity index (χ1n) is 3.85. The maximum absolute atomic E-state index is 11.2. The maximum atomic E-state index is 11.2. The van der Waals surface area contributed by atoms with Crippen LogP contribution < -0.4 is 5.32 Å². The van der Waals surface area contributed by atoms with Crippen molar-refractivity contribution in [1.82, 2.24) is 15.5 Å². The Kier molecular flexibility index (Phi) is 2.97. The standard InChI is InChI=1S/C7H11N3O3/c1-4(3-11)8-7(12)6-9-5(2)13-10-6/h4,11H,3H2,1-2H3,(H,8,12). The minimum absolute atomic E-state index is 0.0159. The van der Waals surface area contributed by atoms with Gasteiger partial charge in [-0.3, -0.25) is 4.79 Å². The molecule has 1 rings (SSSR count). The summed E-state index contributed by atoms with van der Waals surface area (Å²) in [6.07, 6.45) is 0. The molecule has 0 aliphatic heterocycles. The average Bonchev–Trinajstić information content (AvgIpc) is 2.51. The molecule has 0 aromatic carbocycles. The molecule has 0 bridgehead atoms. The van der Waals surface area contributed by atoms with Crippen molar-refractivity contribution in [1.29, 1.82) is 0 Å². The summed E-state index contributed by atoms with van der Waals surface area (Å²) < 4.78 is 4.62. The lowest BCUT2D eigenvalue weighted by Crippen LogP contribution is -2.35. The molecule has 6 heteroatoms. The van der Waals surface area contributed by atoms with E-state index in [9.17, 15) is 4.79 Å². The number of hydrogen-bond acceptors (Lipinski definition) is 5. The van der Waals surface area contributed by atoms with Gasteiger partial charge in [0.1, 0.15) is 0 Å². The Balaban J connectivity index is 2.58. The van der Waals surface area contributed by atoms with Crippen molar-refractivity contribution in [2.45, 2.75) is 19.9 Å². The molecule has 0 aliphatic rings. The van der Waals surface area contributed by atoms with Crippen LogP contribution in [-0.2, 0) is 0 Å². The topological polar surface area (TPSA) is 88.2 Å². The third kappa shape index (κ3) is 2.51. The first kappa shape index (κ1) is 9.66. The lowest BCUT2D eigenvalue weighted by Gasteiger charge is -2.07. The quantitative estimate of drug-likeness (QED) is 0.662. The lowest BCUT2D eigenvalue weighted by atomic mass is 10.3. The van der Waals surface area contributed by atoms with Crippen molar-refractivity contribution < 1.29 is 14.4 Å². The van der Waals surface area contributed by atoms with Crippen LogP contribution in [0.2, 0.25) is 0 Å². The molecule has 1 unspecified atom stereocenters. The van der Waals surface area contributed by atoms with Crippen molar-refractivity contribution in [3.8, 4) is 0 Å². The largest absolute Gasteiger partial charge is 0.394 e. The van der Waals surface area contributed by atoms with Gasteiger partial charge in [0, 0.05) is 13.0 Å². The predicted octanol–water partition coefficient (Wildman–Crippen LogP) is -0.511. The van der Waals surface area contributed by atoms with Crippen LogP contribution in [0.15, 0.2) is 4.52 Å². The zero-order chi connectivity index (χ0) is 9.84. The van der Waals surface area contributed by atoms with E-state index in [2.05, 4.69) is 20.0 Å². The monoisotopic (exact) mass is 185 g/mol. The second-order valence-electron chi connectivity index (χ2n) is 2.69. The normalized spacial score (nSPS) is 12.5. The van der Waals surface area contributed by atoms with E-state index in [1.165, 1.54) is 0 Å². The third-order valence-electron chi connectivity index (χ3n) is 1.38. The van der Waals surface area contributed by atoms with Gasteiger partial charge < -0.3 is 14.9 Å². The Morgan fingerprint density at radius 1 is 1.77 bits per heavy atom. The van der Waals surface area contributed by atoms with E-state index < -0.39 is 5.91 Å². The van der Waals surface area contributed by atoms with Crippen LogP contribution >= 0.6 is 0 Å². The minimum Gasteiger partial charge on any atom is -0.394 e. The molecule has 1 aromatic heterocycles. The molecule has 0 spiro atoms. The van der Waals surface area contributed by atoms with Crippen LogP contribution in [0.25, 0.3) is 0 Å². The zero-order valence-corrected chi connectivity index (χ0v) is 7.44. The van der Waals surface area contributed by atoms with E-state index in [0.29, 0.717) is 5.89 Å². The first-order valence-corrected chi connectivity index (χ1v) is 3.85. The highest BCUT2D eigenvalue weighted by atomic mass is 16.5. The summed E-state index contributed by atoms with van der Waals surface area (Å²) in [4.78, 5) is 14.9. The number of nitrogens with one attached hydrogen (secondary N) is 1. The Labute approximate surface area is 74.9 Å². The maximum Gasteiger partial charge on any atom is 0.292 e. The summed E-state index contributed by atoms with van der Waals surface area (Å²) in [7, 11) is 0. The van der Waals surface area contributed by atoms with Crippen LogP contribution in [0.3, 0.4) is 0 Å². The van der Waals surface area contributed by atoms with Gasteiger partial charge in [0.15, 0.2) is 0 Å². The molecule has 0 fully saturated rings. The molecule has 0 aliphatic carbocycles.